The van der Waals surface area contributed by atoms with Gasteiger partial charge in [-0.15, -0.1) is 5.11 Å². The molecule has 0 fully saturated rings. The number of hydrogen-bond donors (Lipinski definition) is 0. The molecule has 0 saturated heterocycles. The van der Waals surface area contributed by atoms with Gasteiger partial charge in [0.1, 0.15) is 11.4 Å². The van der Waals surface area contributed by atoms with Gasteiger partial charge in [0, 0.05) is 5.28 Å². The highest BCUT2D eigenvalue weighted by atomic mass is 16.7. The molecule has 2 rings (SSSR count). The van der Waals surface area contributed by atoms with Crippen LogP contribution in [0.25, 0.3) is 0 Å². The highest BCUT2D eigenvalue weighted by Crippen LogP contribution is 2.28. The highest BCUT2D eigenvalue weighted by molar-refractivity contribution is 5.77. The molecule has 138 valence electrons. The van der Waals surface area contributed by atoms with E-state index in [1.165, 1.54) is 0 Å². The van der Waals surface area contributed by atoms with Crippen LogP contribution in [0.2, 0.25) is 0 Å². The van der Waals surface area contributed by atoms with Gasteiger partial charge in [-0.1, -0.05) is 68.7 Å². The van der Waals surface area contributed by atoms with Crippen molar-refractivity contribution >= 4 is 11.7 Å². The molecule has 2 aromatic rings. The van der Waals surface area contributed by atoms with Crippen LogP contribution in [0.15, 0.2) is 65.0 Å². The number of rotatable bonds is 10. The average molecular weight is 354 g/mol. The average Bonchev–Trinajstić information content (AvgIpc) is 2.67. The summed E-state index contributed by atoms with van der Waals surface area (Å²) in [7, 11) is 0. The SMILES string of the molecule is CCCCCC(C(=O)O/N=N/c1ccccc1OCC)c1ccccc1. The van der Waals surface area contributed by atoms with Crippen LogP contribution < -0.4 is 4.74 Å². The predicted molar refractivity (Wildman–Crippen MR) is 102 cm³/mol. The zero-order chi connectivity index (χ0) is 18.6. The summed E-state index contributed by atoms with van der Waals surface area (Å²) in [6.07, 6.45) is 3.89. The molecule has 0 bridgehead atoms. The lowest BCUT2D eigenvalue weighted by atomic mass is 9.93. The van der Waals surface area contributed by atoms with Gasteiger partial charge in [0.2, 0.25) is 0 Å². The Bertz CT molecular complexity index is 701. The Hall–Kier alpha value is -2.69. The Balaban J connectivity index is 2.04. The summed E-state index contributed by atoms with van der Waals surface area (Å²) < 4.78 is 5.48. The molecule has 0 aromatic heterocycles. The van der Waals surface area contributed by atoms with Crippen LogP contribution in [0.5, 0.6) is 5.75 Å². The predicted octanol–water partition coefficient (Wildman–Crippen LogP) is 5.99. The van der Waals surface area contributed by atoms with Crippen LogP contribution in [0.3, 0.4) is 0 Å². The van der Waals surface area contributed by atoms with Gasteiger partial charge in [0.25, 0.3) is 0 Å². The third-order valence-corrected chi connectivity index (χ3v) is 4.03. The molecule has 5 nitrogen and oxygen atoms in total. The summed E-state index contributed by atoms with van der Waals surface area (Å²) in [5.74, 6) is -0.105. The van der Waals surface area contributed by atoms with E-state index in [1.54, 1.807) is 12.1 Å². The standard InChI is InChI=1S/C21H26N2O3/c1-3-5-7-14-18(17-12-8-6-9-13-17)21(24)26-23-22-19-15-10-11-16-20(19)25-4-2/h6,8-13,15-16,18H,3-5,7,14H2,1-2H3/b23-22+. The number of nitrogens with zero attached hydrogens (tertiary/aromatic N) is 2. The van der Waals surface area contributed by atoms with Crippen molar-refractivity contribution in [3.05, 3.63) is 60.2 Å². The minimum Gasteiger partial charge on any atom is -0.492 e. The molecular formula is C21H26N2O3. The first kappa shape index (κ1) is 19.6. The molecule has 26 heavy (non-hydrogen) atoms. The molecular weight excluding hydrogens is 328 g/mol. The zero-order valence-corrected chi connectivity index (χ0v) is 15.4. The maximum atomic E-state index is 12.5. The zero-order valence-electron chi connectivity index (χ0n) is 15.4. The summed E-state index contributed by atoms with van der Waals surface area (Å²) in [4.78, 5) is 17.6. The monoisotopic (exact) mass is 354 g/mol. The molecule has 0 amide bonds. The molecule has 5 heteroatoms. The molecule has 2 aromatic carbocycles. The lowest BCUT2D eigenvalue weighted by molar-refractivity contribution is -0.146. The molecule has 1 atom stereocenters. The maximum absolute atomic E-state index is 12.5. The molecule has 0 N–H and O–H groups in total. The van der Waals surface area contributed by atoms with Crippen LogP contribution >= 0.6 is 0 Å². The van der Waals surface area contributed by atoms with E-state index in [2.05, 4.69) is 17.3 Å². The number of hydrogen-bond acceptors (Lipinski definition) is 5. The van der Waals surface area contributed by atoms with Gasteiger partial charge in [-0.2, -0.15) is 0 Å². The van der Waals surface area contributed by atoms with E-state index in [4.69, 9.17) is 9.57 Å². The molecule has 0 spiro atoms. The third-order valence-electron chi connectivity index (χ3n) is 4.03. The van der Waals surface area contributed by atoms with Gasteiger partial charge in [-0.3, -0.25) is 4.84 Å². The number of ether oxygens (including phenoxy) is 1. The summed E-state index contributed by atoms with van der Waals surface area (Å²) in [6.45, 7) is 4.56. The topological polar surface area (TPSA) is 60.2 Å². The maximum Gasteiger partial charge on any atom is 0.344 e. The van der Waals surface area contributed by atoms with Gasteiger partial charge < -0.3 is 4.74 Å². The largest absolute Gasteiger partial charge is 0.492 e. The number of carbonyl (C=O) groups is 1. The van der Waals surface area contributed by atoms with Crippen LogP contribution in [-0.4, -0.2) is 12.6 Å². The van der Waals surface area contributed by atoms with Crippen LogP contribution in [0.4, 0.5) is 5.69 Å². The Morgan fingerprint density at radius 3 is 2.46 bits per heavy atom. The second-order valence-corrected chi connectivity index (χ2v) is 5.95. The first-order valence-corrected chi connectivity index (χ1v) is 9.15. The molecule has 0 saturated carbocycles. The van der Waals surface area contributed by atoms with Crippen molar-refractivity contribution in [2.75, 3.05) is 6.61 Å². The summed E-state index contributed by atoms with van der Waals surface area (Å²) >= 11 is 0. The van der Waals surface area contributed by atoms with Crippen molar-refractivity contribution in [1.82, 2.24) is 0 Å². The minimum atomic E-state index is -0.384. The van der Waals surface area contributed by atoms with E-state index in [1.807, 2.05) is 49.4 Å². The number of carbonyl (C=O) groups excluding carboxylic acids is 1. The van der Waals surface area contributed by atoms with E-state index in [0.29, 0.717) is 18.0 Å². The molecule has 0 heterocycles. The Morgan fingerprint density at radius 2 is 1.73 bits per heavy atom. The second-order valence-electron chi connectivity index (χ2n) is 5.95. The number of benzene rings is 2. The van der Waals surface area contributed by atoms with Gasteiger partial charge in [0.05, 0.1) is 12.5 Å². The van der Waals surface area contributed by atoms with Gasteiger partial charge >= 0.3 is 5.97 Å². The second kappa shape index (κ2) is 11.0. The van der Waals surface area contributed by atoms with Crippen LogP contribution in [-0.2, 0) is 9.63 Å². The third kappa shape index (κ3) is 5.99. The molecule has 0 aliphatic carbocycles. The van der Waals surface area contributed by atoms with E-state index in [-0.39, 0.29) is 11.9 Å². The fraction of sp³-hybridized carbons (Fsp3) is 0.381. The van der Waals surface area contributed by atoms with E-state index in [0.717, 1.165) is 31.2 Å². The molecule has 0 radical (unpaired) electrons. The van der Waals surface area contributed by atoms with E-state index in [9.17, 15) is 4.79 Å². The minimum absolute atomic E-state index is 0.330. The fourth-order valence-corrected chi connectivity index (χ4v) is 2.69. The van der Waals surface area contributed by atoms with E-state index < -0.39 is 0 Å². The first-order chi connectivity index (χ1) is 12.8. The summed E-state index contributed by atoms with van der Waals surface area (Å²) in [6, 6.07) is 16.9. The normalized spacial score (nSPS) is 12.1. The lowest BCUT2D eigenvalue weighted by Crippen LogP contribution is -2.14. The molecule has 1 unspecified atom stereocenters. The number of unbranched alkanes of at least 4 members (excludes halogenated alkanes) is 2. The van der Waals surface area contributed by atoms with Gasteiger partial charge in [0.15, 0.2) is 0 Å². The van der Waals surface area contributed by atoms with Crippen molar-refractivity contribution in [1.29, 1.82) is 0 Å². The Morgan fingerprint density at radius 1 is 1.00 bits per heavy atom. The van der Waals surface area contributed by atoms with Crippen LogP contribution in [0, 0.1) is 0 Å². The first-order valence-electron chi connectivity index (χ1n) is 9.15. The Kier molecular flexibility index (Phi) is 8.33. The van der Waals surface area contributed by atoms with Gasteiger partial charge in [-0.25, -0.2) is 4.79 Å². The summed E-state index contributed by atoms with van der Waals surface area (Å²) in [5, 5.41) is 7.65. The van der Waals surface area contributed by atoms with E-state index >= 15 is 0 Å². The van der Waals surface area contributed by atoms with Crippen molar-refractivity contribution < 1.29 is 14.4 Å². The highest BCUT2D eigenvalue weighted by Gasteiger charge is 2.22. The summed E-state index contributed by atoms with van der Waals surface area (Å²) in [5.41, 5.74) is 1.47. The fourth-order valence-electron chi connectivity index (χ4n) is 2.69. The van der Waals surface area contributed by atoms with Crippen molar-refractivity contribution in [2.45, 2.75) is 45.4 Å². The quantitative estimate of drug-likeness (QED) is 0.299. The van der Waals surface area contributed by atoms with Gasteiger partial charge in [-0.05, 0) is 31.0 Å². The van der Waals surface area contributed by atoms with Crippen molar-refractivity contribution in [3.8, 4) is 5.75 Å². The van der Waals surface area contributed by atoms with Crippen molar-refractivity contribution in [2.24, 2.45) is 10.4 Å². The number of para-hydroxylation sites is 1. The van der Waals surface area contributed by atoms with Crippen molar-refractivity contribution in [3.63, 3.8) is 0 Å². The van der Waals surface area contributed by atoms with Crippen LogP contribution in [0.1, 0.15) is 51.0 Å². The smallest absolute Gasteiger partial charge is 0.344 e. The Labute approximate surface area is 155 Å². The molecule has 0 aliphatic rings. The molecule has 0 aliphatic heterocycles. The lowest BCUT2D eigenvalue weighted by Gasteiger charge is -2.13.